The van der Waals surface area contributed by atoms with Gasteiger partial charge in [0.2, 0.25) is 0 Å². The first kappa shape index (κ1) is 15.2. The van der Waals surface area contributed by atoms with Crippen molar-refractivity contribution < 1.29 is 17.5 Å². The molecule has 0 radical (unpaired) electrons. The standard InChI is InChI=1S/C9H21N3O3S/c1-11(2)9(12(3)4)10-7-5-6-8-16(13,14)15/h5-8H2,1-4H3,(H,13,14,15)/p+1. The highest BCUT2D eigenvalue weighted by molar-refractivity contribution is 7.85. The van der Waals surface area contributed by atoms with E-state index in [2.05, 4.69) is 5.32 Å². The van der Waals surface area contributed by atoms with Gasteiger partial charge in [0.25, 0.3) is 10.1 Å². The number of rotatable bonds is 5. The van der Waals surface area contributed by atoms with Crippen molar-refractivity contribution in [2.75, 3.05) is 40.5 Å². The number of hydrogen-bond acceptors (Lipinski definition) is 2. The fourth-order valence-corrected chi connectivity index (χ4v) is 1.89. The zero-order valence-corrected chi connectivity index (χ0v) is 11.2. The molecule has 0 aromatic heterocycles. The summed E-state index contributed by atoms with van der Waals surface area (Å²) in [7, 11) is 3.91. The highest BCUT2D eigenvalue weighted by Crippen LogP contribution is 1.92. The zero-order valence-electron chi connectivity index (χ0n) is 10.4. The van der Waals surface area contributed by atoms with Crippen LogP contribution < -0.4 is 5.32 Å². The first-order chi connectivity index (χ1) is 7.24. The highest BCUT2D eigenvalue weighted by Gasteiger charge is 2.10. The summed E-state index contributed by atoms with van der Waals surface area (Å²) >= 11 is 0. The summed E-state index contributed by atoms with van der Waals surface area (Å²) in [5.74, 6) is 0.792. The van der Waals surface area contributed by atoms with Crippen LogP contribution in [0.1, 0.15) is 12.8 Å². The summed E-state index contributed by atoms with van der Waals surface area (Å²) in [6.07, 6.45) is 1.16. The van der Waals surface area contributed by atoms with Crippen molar-refractivity contribution in [2.45, 2.75) is 12.8 Å². The van der Waals surface area contributed by atoms with Crippen LogP contribution in [0, 0.1) is 0 Å². The number of unbranched alkanes of at least 4 members (excludes halogenated alkanes) is 1. The Labute approximate surface area is 97.7 Å². The van der Waals surface area contributed by atoms with E-state index in [0.717, 1.165) is 5.96 Å². The maximum atomic E-state index is 10.5. The van der Waals surface area contributed by atoms with Crippen LogP contribution in [0.25, 0.3) is 0 Å². The minimum Gasteiger partial charge on any atom is -0.286 e. The van der Waals surface area contributed by atoms with E-state index in [4.69, 9.17) is 4.55 Å². The van der Waals surface area contributed by atoms with Gasteiger partial charge in [-0.25, -0.2) is 0 Å². The van der Waals surface area contributed by atoms with Gasteiger partial charge in [0.05, 0.1) is 40.5 Å². The number of nitrogens with zero attached hydrogens (tertiary/aromatic N) is 2. The average molecular weight is 252 g/mol. The fraction of sp³-hybridized carbons (Fsp3) is 0.889. The molecule has 16 heavy (non-hydrogen) atoms. The van der Waals surface area contributed by atoms with Crippen molar-refractivity contribution in [3.8, 4) is 0 Å². The fourth-order valence-electron chi connectivity index (χ4n) is 1.33. The monoisotopic (exact) mass is 252 g/mol. The quantitative estimate of drug-likeness (QED) is 0.225. The molecule has 0 fully saturated rings. The smallest absolute Gasteiger partial charge is 0.286 e. The molecule has 0 amide bonds. The number of guanidine groups is 1. The van der Waals surface area contributed by atoms with Gasteiger partial charge in [0.1, 0.15) is 0 Å². The van der Waals surface area contributed by atoms with Crippen LogP contribution in [-0.4, -0.2) is 68.9 Å². The highest BCUT2D eigenvalue weighted by atomic mass is 32.2. The topological polar surface area (TPSA) is 72.7 Å². The maximum absolute atomic E-state index is 10.5. The van der Waals surface area contributed by atoms with E-state index in [-0.39, 0.29) is 5.75 Å². The molecule has 0 saturated heterocycles. The van der Waals surface area contributed by atoms with E-state index in [1.165, 1.54) is 0 Å². The van der Waals surface area contributed by atoms with Crippen molar-refractivity contribution in [1.29, 1.82) is 0 Å². The molecule has 0 aliphatic carbocycles. The number of nitrogens with one attached hydrogen (secondary N) is 1. The Balaban J connectivity index is 3.86. The lowest BCUT2D eigenvalue weighted by Gasteiger charge is -2.12. The summed E-state index contributed by atoms with van der Waals surface area (Å²) in [4.78, 5) is 1.95. The molecular formula is C9H22N3O3S+. The molecule has 7 heteroatoms. The Hall–Kier alpha value is -0.820. The predicted octanol–water partition coefficient (Wildman–Crippen LogP) is -0.566. The Kier molecular flexibility index (Phi) is 6.35. The SMILES string of the molecule is CN(C)C(NCCCCS(=O)(=O)O)=[N+](C)C. The van der Waals surface area contributed by atoms with Gasteiger partial charge in [-0.15, -0.1) is 0 Å². The molecule has 0 aliphatic heterocycles. The second-order valence-corrected chi connectivity index (χ2v) is 5.60. The van der Waals surface area contributed by atoms with E-state index in [9.17, 15) is 8.42 Å². The largest absolute Gasteiger partial charge is 0.347 e. The minimum absolute atomic E-state index is 0.173. The van der Waals surface area contributed by atoms with Crippen LogP contribution in [0.4, 0.5) is 0 Å². The summed E-state index contributed by atoms with van der Waals surface area (Å²) in [5.41, 5.74) is 0. The third-order valence-corrected chi connectivity index (χ3v) is 2.76. The summed E-state index contributed by atoms with van der Waals surface area (Å²) in [5, 5.41) is 3.20. The summed E-state index contributed by atoms with van der Waals surface area (Å²) in [6.45, 7) is 0.682. The van der Waals surface area contributed by atoms with Crippen LogP contribution in [-0.2, 0) is 10.1 Å². The van der Waals surface area contributed by atoms with Gasteiger partial charge in [-0.05, 0) is 12.8 Å². The molecule has 2 N–H and O–H groups in total. The van der Waals surface area contributed by atoms with Gasteiger partial charge < -0.3 is 0 Å². The van der Waals surface area contributed by atoms with Gasteiger partial charge in [-0.3, -0.25) is 19.3 Å². The first-order valence-electron chi connectivity index (χ1n) is 5.14. The normalized spacial score (nSPS) is 11.1. The molecule has 0 aromatic carbocycles. The second kappa shape index (κ2) is 6.70. The predicted molar refractivity (Wildman–Crippen MR) is 64.5 cm³/mol. The second-order valence-electron chi connectivity index (χ2n) is 4.03. The van der Waals surface area contributed by atoms with Crippen molar-refractivity contribution in [1.82, 2.24) is 10.2 Å². The number of hydrogen-bond donors (Lipinski definition) is 2. The van der Waals surface area contributed by atoms with Gasteiger partial charge in [-0.1, -0.05) is 0 Å². The van der Waals surface area contributed by atoms with E-state index in [1.807, 2.05) is 37.7 Å². The lowest BCUT2D eigenvalue weighted by molar-refractivity contribution is -0.472. The van der Waals surface area contributed by atoms with Crippen LogP contribution in [0.5, 0.6) is 0 Å². The van der Waals surface area contributed by atoms with Crippen LogP contribution in [0.3, 0.4) is 0 Å². The van der Waals surface area contributed by atoms with E-state index < -0.39 is 10.1 Å². The Morgan fingerprint density at radius 1 is 1.31 bits per heavy atom. The van der Waals surface area contributed by atoms with Gasteiger partial charge in [-0.2, -0.15) is 8.42 Å². The summed E-state index contributed by atoms with van der Waals surface area (Å²) < 4.78 is 31.4. The molecule has 0 heterocycles. The van der Waals surface area contributed by atoms with Crippen molar-refractivity contribution in [3.63, 3.8) is 0 Å². The zero-order chi connectivity index (χ0) is 12.8. The van der Waals surface area contributed by atoms with Crippen molar-refractivity contribution in [3.05, 3.63) is 0 Å². The molecule has 0 bridgehead atoms. The molecule has 0 aliphatic rings. The lowest BCUT2D eigenvalue weighted by Crippen LogP contribution is -2.42. The van der Waals surface area contributed by atoms with E-state index in [1.54, 1.807) is 0 Å². The van der Waals surface area contributed by atoms with Crippen LogP contribution in [0.2, 0.25) is 0 Å². The molecule has 0 spiro atoms. The Morgan fingerprint density at radius 3 is 2.25 bits per heavy atom. The first-order valence-corrected chi connectivity index (χ1v) is 6.75. The van der Waals surface area contributed by atoms with Crippen LogP contribution in [0.15, 0.2) is 0 Å². The molecule has 6 nitrogen and oxygen atoms in total. The van der Waals surface area contributed by atoms with E-state index in [0.29, 0.717) is 19.4 Å². The summed E-state index contributed by atoms with van der Waals surface area (Å²) in [6, 6.07) is 0. The average Bonchev–Trinajstić information content (AvgIpc) is 2.07. The molecular weight excluding hydrogens is 230 g/mol. The van der Waals surface area contributed by atoms with Crippen molar-refractivity contribution >= 4 is 16.1 Å². The molecule has 0 rings (SSSR count). The van der Waals surface area contributed by atoms with Crippen molar-refractivity contribution in [2.24, 2.45) is 0 Å². The molecule has 0 atom stereocenters. The molecule has 0 aromatic rings. The third-order valence-electron chi connectivity index (χ3n) is 1.96. The van der Waals surface area contributed by atoms with Gasteiger partial charge >= 0.3 is 5.96 Å². The minimum atomic E-state index is -3.81. The third kappa shape index (κ3) is 7.47. The van der Waals surface area contributed by atoms with Crippen LogP contribution >= 0.6 is 0 Å². The van der Waals surface area contributed by atoms with E-state index >= 15 is 0 Å². The van der Waals surface area contributed by atoms with Gasteiger partial charge in [0.15, 0.2) is 0 Å². The molecule has 96 valence electrons. The molecule has 0 unspecified atom stereocenters. The lowest BCUT2D eigenvalue weighted by atomic mass is 10.3. The Bertz CT molecular complexity index is 332. The van der Waals surface area contributed by atoms with Gasteiger partial charge in [0, 0.05) is 0 Å². The Morgan fingerprint density at radius 2 is 1.88 bits per heavy atom. The molecule has 0 saturated carbocycles. The maximum Gasteiger partial charge on any atom is 0.347 e.